The molecular weight excluding hydrogens is 711 g/mol. The number of hydrogen-bond donors (Lipinski definition) is 0. The molecule has 0 unspecified atom stereocenters. The minimum Gasteiger partial charge on any atom is -0.457 e. The fourth-order valence-corrected chi connectivity index (χ4v) is 15.2. The Morgan fingerprint density at radius 2 is 1.11 bits per heavy atom. The van der Waals surface area contributed by atoms with Gasteiger partial charge in [-0.2, -0.15) is 0 Å². The number of imidazole rings is 2. The number of aromatic nitrogens is 3. The Morgan fingerprint density at radius 3 is 1.81 bits per heavy atom. The van der Waals surface area contributed by atoms with E-state index < -0.39 is 8.07 Å². The lowest BCUT2D eigenvalue weighted by Gasteiger charge is -2.45. The molecule has 5 heteroatoms. The topological polar surface area (TPSA) is 31.5 Å². The monoisotopic (exact) mass is 757 g/mol. The predicted molar refractivity (Wildman–Crippen MR) is 239 cm³/mol. The van der Waals surface area contributed by atoms with E-state index in [-0.39, 0.29) is 5.41 Å². The smallest absolute Gasteiger partial charge is 0.220 e. The van der Waals surface area contributed by atoms with E-state index in [1.54, 1.807) is 0 Å². The molecule has 0 amide bonds. The molecule has 0 saturated carbocycles. The predicted octanol–water partition coefficient (Wildman–Crippen LogP) is 10.3. The van der Waals surface area contributed by atoms with Gasteiger partial charge in [-0.05, 0) is 87.9 Å². The van der Waals surface area contributed by atoms with Crippen molar-refractivity contribution < 1.29 is 4.74 Å². The molecule has 280 valence electrons. The third kappa shape index (κ3) is 5.43. The summed E-state index contributed by atoms with van der Waals surface area (Å²) in [7, 11) is -3.12. The van der Waals surface area contributed by atoms with Crippen molar-refractivity contribution in [2.75, 3.05) is 0 Å². The van der Waals surface area contributed by atoms with Gasteiger partial charge in [-0.1, -0.05) is 161 Å². The summed E-state index contributed by atoms with van der Waals surface area (Å²) in [4.78, 5) is 5.25. The molecule has 7 aromatic carbocycles. The second-order valence-electron chi connectivity index (χ2n) is 16.7. The van der Waals surface area contributed by atoms with E-state index in [0.29, 0.717) is 11.8 Å². The zero-order valence-electron chi connectivity index (χ0n) is 33.1. The van der Waals surface area contributed by atoms with Crippen LogP contribution in [0.2, 0.25) is 0 Å². The summed E-state index contributed by atoms with van der Waals surface area (Å²) in [6, 6.07) is 64.8. The van der Waals surface area contributed by atoms with Crippen molar-refractivity contribution in [3.05, 3.63) is 187 Å². The molecule has 1 aliphatic heterocycles. The second kappa shape index (κ2) is 13.8. The molecule has 0 fully saturated rings. The third-order valence-corrected chi connectivity index (χ3v) is 16.9. The lowest BCUT2D eigenvalue weighted by molar-refractivity contribution is 0.296. The van der Waals surface area contributed by atoms with E-state index in [1.807, 2.05) is 0 Å². The van der Waals surface area contributed by atoms with Crippen LogP contribution in [0.5, 0.6) is 11.5 Å². The van der Waals surface area contributed by atoms with Gasteiger partial charge in [0.2, 0.25) is 5.78 Å². The highest BCUT2D eigenvalue weighted by atomic mass is 28.3. The molecule has 57 heavy (non-hydrogen) atoms. The standard InChI is InChI=1S/C52H47N3OSi/c1-36(2)34-52(35-37(3)4)42-25-11-16-31-48(42)56-50-43(52)26-18-32-49(50)57(39-20-7-5-8-21-39,40-22-9-6-10-23-40)41-24-17-19-38(33-41)54-46-29-14-15-30-47(46)55-45-28-13-12-27-44(45)53-51(54)55/h5-33,36-37H,34-35H2,1-4H3. The average Bonchev–Trinajstić information content (AvgIpc) is 3.77. The molecule has 0 bridgehead atoms. The quantitative estimate of drug-likeness (QED) is 0.108. The summed E-state index contributed by atoms with van der Waals surface area (Å²) in [5.41, 5.74) is 7.86. The van der Waals surface area contributed by atoms with E-state index in [4.69, 9.17) is 9.72 Å². The van der Waals surface area contributed by atoms with E-state index in [1.165, 1.54) is 31.9 Å². The first-order chi connectivity index (χ1) is 27.9. The zero-order valence-corrected chi connectivity index (χ0v) is 34.1. The van der Waals surface area contributed by atoms with E-state index in [2.05, 4.69) is 213 Å². The highest BCUT2D eigenvalue weighted by Gasteiger charge is 2.49. The van der Waals surface area contributed by atoms with Crippen LogP contribution in [0.15, 0.2) is 176 Å². The van der Waals surface area contributed by atoms with Gasteiger partial charge in [-0.25, -0.2) is 4.98 Å². The van der Waals surface area contributed by atoms with Gasteiger partial charge in [-0.15, -0.1) is 0 Å². The molecule has 1 aliphatic rings. The number of nitrogens with zero attached hydrogens (tertiary/aromatic N) is 3. The van der Waals surface area contributed by atoms with Crippen LogP contribution in [0, 0.1) is 11.8 Å². The summed E-state index contributed by atoms with van der Waals surface area (Å²) in [6.45, 7) is 9.47. The highest BCUT2D eigenvalue weighted by molar-refractivity contribution is 7.20. The third-order valence-electron chi connectivity index (χ3n) is 12.1. The van der Waals surface area contributed by atoms with Crippen LogP contribution in [0.25, 0.3) is 33.5 Å². The van der Waals surface area contributed by atoms with E-state index in [9.17, 15) is 0 Å². The van der Waals surface area contributed by atoms with E-state index in [0.717, 1.165) is 57.9 Å². The molecule has 0 N–H and O–H groups in total. The second-order valence-corrected chi connectivity index (χ2v) is 20.4. The van der Waals surface area contributed by atoms with Crippen LogP contribution in [0.3, 0.4) is 0 Å². The van der Waals surface area contributed by atoms with Gasteiger partial charge in [0.05, 0.1) is 22.1 Å². The van der Waals surface area contributed by atoms with Crippen LogP contribution in [0.4, 0.5) is 0 Å². The number of rotatable bonds is 9. The summed E-state index contributed by atoms with van der Waals surface area (Å²) >= 11 is 0. The molecule has 0 aliphatic carbocycles. The number of benzene rings is 7. The molecule has 4 nitrogen and oxygen atoms in total. The van der Waals surface area contributed by atoms with Gasteiger partial charge in [0.25, 0.3) is 0 Å². The van der Waals surface area contributed by atoms with Gasteiger partial charge in [0.1, 0.15) is 11.5 Å². The summed E-state index contributed by atoms with van der Waals surface area (Å²) in [6.07, 6.45) is 2.08. The van der Waals surface area contributed by atoms with Crippen LogP contribution >= 0.6 is 0 Å². The van der Waals surface area contributed by atoms with Crippen LogP contribution in [-0.4, -0.2) is 22.0 Å². The largest absolute Gasteiger partial charge is 0.457 e. The molecule has 0 atom stereocenters. The van der Waals surface area contributed by atoms with Crippen molar-refractivity contribution in [3.8, 4) is 17.2 Å². The Balaban J connectivity index is 1.31. The maximum Gasteiger partial charge on any atom is 0.220 e. The molecule has 3 heterocycles. The molecule has 0 saturated heterocycles. The van der Waals surface area contributed by atoms with Crippen LogP contribution < -0.4 is 25.5 Å². The average molecular weight is 758 g/mol. The molecule has 0 spiro atoms. The Hall–Kier alpha value is -6.17. The van der Waals surface area contributed by atoms with Gasteiger partial charge < -0.3 is 4.74 Å². The maximum absolute atomic E-state index is 7.37. The number of para-hydroxylation sites is 6. The number of ether oxygens (including phenoxy) is 1. The fraction of sp³-hybridized carbons (Fsp3) is 0.173. The first-order valence-corrected chi connectivity index (χ1v) is 22.4. The van der Waals surface area contributed by atoms with E-state index >= 15 is 0 Å². The van der Waals surface area contributed by atoms with Crippen molar-refractivity contribution in [3.63, 3.8) is 0 Å². The molecule has 9 aromatic rings. The molecule has 10 rings (SSSR count). The first kappa shape index (κ1) is 35.3. The number of fused-ring (bicyclic) bond motifs is 7. The minimum absolute atomic E-state index is 0.198. The van der Waals surface area contributed by atoms with Crippen molar-refractivity contribution in [2.45, 2.75) is 46.0 Å². The van der Waals surface area contributed by atoms with Crippen molar-refractivity contribution in [2.24, 2.45) is 11.8 Å². The van der Waals surface area contributed by atoms with Crippen molar-refractivity contribution in [1.82, 2.24) is 14.0 Å². The van der Waals surface area contributed by atoms with Gasteiger partial charge >= 0.3 is 0 Å². The maximum atomic E-state index is 7.37. The zero-order chi connectivity index (χ0) is 38.7. The van der Waals surface area contributed by atoms with Gasteiger partial charge in [0, 0.05) is 22.2 Å². The Bertz CT molecular complexity index is 2860. The van der Waals surface area contributed by atoms with Gasteiger partial charge in [0.15, 0.2) is 8.07 Å². The summed E-state index contributed by atoms with van der Waals surface area (Å²) < 4.78 is 12.0. The fourth-order valence-electron chi connectivity index (χ4n) is 10.3. The summed E-state index contributed by atoms with van der Waals surface area (Å²) in [5.74, 6) is 3.88. The normalized spacial score (nSPS) is 13.6. The lowest BCUT2D eigenvalue weighted by Crippen LogP contribution is -2.75. The van der Waals surface area contributed by atoms with Crippen LogP contribution in [-0.2, 0) is 5.41 Å². The van der Waals surface area contributed by atoms with Crippen molar-refractivity contribution >= 4 is 56.7 Å². The SMILES string of the molecule is CC(C)CC1(CC(C)C)c2ccccc2Oc2c1cccc2[Si](c1ccccc1)(c1ccccc1)c1cccc(-n2c3ccccc3n3c4ccccc4nc23)c1. The highest BCUT2D eigenvalue weighted by Crippen LogP contribution is 2.54. The molecule has 0 radical (unpaired) electrons. The molecule has 2 aromatic heterocycles. The minimum atomic E-state index is -3.12. The Kier molecular flexibility index (Phi) is 8.53. The lowest BCUT2D eigenvalue weighted by atomic mass is 9.64. The van der Waals surface area contributed by atoms with Gasteiger partial charge in [-0.3, -0.25) is 8.97 Å². The van der Waals surface area contributed by atoms with Crippen molar-refractivity contribution in [1.29, 1.82) is 0 Å². The summed E-state index contributed by atoms with van der Waals surface area (Å²) in [5, 5.41) is 5.20. The first-order valence-electron chi connectivity index (χ1n) is 20.4. The Morgan fingerprint density at radius 1 is 0.544 bits per heavy atom. The number of hydrogen-bond acceptors (Lipinski definition) is 2. The Labute approximate surface area is 336 Å². The molecular formula is C52H47N3OSi. The van der Waals surface area contributed by atoms with Crippen LogP contribution in [0.1, 0.15) is 51.7 Å².